The van der Waals surface area contributed by atoms with Crippen LogP contribution in [-0.4, -0.2) is 94.7 Å². The maximum Gasteiger partial charge on any atom is 0.413 e. The number of thiazole rings is 1. The van der Waals surface area contributed by atoms with Gasteiger partial charge in [0.1, 0.15) is 12.1 Å². The second-order valence-corrected chi connectivity index (χ2v) is 13.1. The summed E-state index contributed by atoms with van der Waals surface area (Å²) in [6, 6.07) is 6.11. The summed E-state index contributed by atoms with van der Waals surface area (Å²) < 4.78 is 32.8. The molecule has 1 aromatic carbocycles. The number of rotatable bonds is 8. The summed E-state index contributed by atoms with van der Waals surface area (Å²) in [4.78, 5) is 27.0. The number of carbonyl (C=O) groups excluding carboxylic acids is 1. The highest BCUT2D eigenvalue weighted by molar-refractivity contribution is 7.91. The van der Waals surface area contributed by atoms with Gasteiger partial charge in [-0.3, -0.25) is 15.3 Å². The van der Waals surface area contributed by atoms with Crippen LogP contribution in [0.3, 0.4) is 0 Å². The van der Waals surface area contributed by atoms with Gasteiger partial charge >= 0.3 is 6.09 Å². The summed E-state index contributed by atoms with van der Waals surface area (Å²) >= 11 is 0.925. The predicted octanol–water partition coefficient (Wildman–Crippen LogP) is 3.39. The maximum atomic E-state index is 13.3. The first-order valence-corrected chi connectivity index (χ1v) is 15.4. The van der Waals surface area contributed by atoms with E-state index >= 15 is 0 Å². The number of ether oxygens (including phenoxy) is 1. The van der Waals surface area contributed by atoms with Crippen molar-refractivity contribution in [2.45, 2.75) is 37.9 Å². The SMILES string of the molecule is COC(=O)Nc1nc(C)c(S(=O)(=O)N2CCN(C[C@H](C)Nc3ncnc4c(-c5c(C)n[nH]c5C)cccc34)CC2)s1. The number of benzene rings is 1. The topological polar surface area (TPSA) is 158 Å². The van der Waals surface area contributed by atoms with E-state index in [0.29, 0.717) is 38.4 Å². The number of methoxy groups -OCH3 is 1. The van der Waals surface area contributed by atoms with Crippen molar-refractivity contribution in [1.29, 1.82) is 0 Å². The minimum atomic E-state index is -3.74. The number of aromatic amines is 1. The lowest BCUT2D eigenvalue weighted by atomic mass is 10.0. The number of sulfonamides is 1. The van der Waals surface area contributed by atoms with Crippen molar-refractivity contribution in [2.24, 2.45) is 0 Å². The minimum absolute atomic E-state index is 0.0491. The number of H-pyrrole nitrogens is 1. The van der Waals surface area contributed by atoms with Gasteiger partial charge in [-0.1, -0.05) is 23.5 Å². The average Bonchev–Trinajstić information content (AvgIpc) is 3.49. The second-order valence-electron chi connectivity index (χ2n) is 9.99. The maximum absolute atomic E-state index is 13.3. The Hall–Kier alpha value is -3.66. The number of anilines is 2. The molecule has 0 aliphatic carbocycles. The molecule has 13 nitrogen and oxygen atoms in total. The highest BCUT2D eigenvalue weighted by Gasteiger charge is 2.32. The van der Waals surface area contributed by atoms with Crippen molar-refractivity contribution in [3.63, 3.8) is 0 Å². The average molecular weight is 600 g/mol. The Morgan fingerprint density at radius 1 is 1.15 bits per heavy atom. The molecule has 3 aromatic heterocycles. The van der Waals surface area contributed by atoms with E-state index in [4.69, 9.17) is 0 Å². The van der Waals surface area contributed by atoms with Crippen LogP contribution < -0.4 is 10.6 Å². The molecule has 218 valence electrons. The normalized spacial score (nSPS) is 15.6. The Morgan fingerprint density at radius 2 is 1.90 bits per heavy atom. The Bertz CT molecular complexity index is 1660. The molecule has 0 saturated carbocycles. The third kappa shape index (κ3) is 5.88. The number of hydrogen-bond acceptors (Lipinski definition) is 11. The number of nitrogens with one attached hydrogen (secondary N) is 3. The zero-order valence-electron chi connectivity index (χ0n) is 23.6. The van der Waals surface area contributed by atoms with Gasteiger partial charge in [-0.2, -0.15) is 9.40 Å². The van der Waals surface area contributed by atoms with Crippen molar-refractivity contribution in [2.75, 3.05) is 50.5 Å². The van der Waals surface area contributed by atoms with Gasteiger partial charge in [0.2, 0.25) is 0 Å². The number of aryl methyl sites for hydroxylation is 3. The van der Waals surface area contributed by atoms with Crippen LogP contribution in [-0.2, 0) is 14.8 Å². The number of piperazine rings is 1. The zero-order chi connectivity index (χ0) is 29.3. The molecule has 4 heterocycles. The molecule has 0 unspecified atom stereocenters. The highest BCUT2D eigenvalue weighted by Crippen LogP contribution is 2.33. The smallest absolute Gasteiger partial charge is 0.413 e. The molecule has 15 heteroatoms. The van der Waals surface area contributed by atoms with E-state index in [1.807, 2.05) is 32.0 Å². The molecule has 1 fully saturated rings. The number of amides is 1. The summed E-state index contributed by atoms with van der Waals surface area (Å²) in [5.41, 5.74) is 5.16. The molecule has 1 aliphatic heterocycles. The zero-order valence-corrected chi connectivity index (χ0v) is 25.2. The molecule has 0 radical (unpaired) electrons. The Kier molecular flexibility index (Phi) is 8.22. The molecule has 5 rings (SSSR count). The fraction of sp³-hybridized carbons (Fsp3) is 0.423. The van der Waals surface area contributed by atoms with E-state index in [-0.39, 0.29) is 15.4 Å². The summed E-state index contributed by atoms with van der Waals surface area (Å²) in [6.45, 7) is 10.3. The van der Waals surface area contributed by atoms with E-state index in [2.05, 4.69) is 52.3 Å². The minimum Gasteiger partial charge on any atom is -0.453 e. The van der Waals surface area contributed by atoms with Crippen LogP contribution in [0.4, 0.5) is 15.7 Å². The largest absolute Gasteiger partial charge is 0.453 e. The highest BCUT2D eigenvalue weighted by atomic mass is 32.2. The molecule has 3 N–H and O–H groups in total. The van der Waals surface area contributed by atoms with Crippen LogP contribution in [0.1, 0.15) is 24.0 Å². The molecule has 1 atom stereocenters. The van der Waals surface area contributed by atoms with Crippen LogP contribution in [0.5, 0.6) is 0 Å². The first-order chi connectivity index (χ1) is 19.6. The number of fused-ring (bicyclic) bond motifs is 1. The second kappa shape index (κ2) is 11.7. The molecule has 1 amide bonds. The summed E-state index contributed by atoms with van der Waals surface area (Å²) in [5.74, 6) is 0.751. The van der Waals surface area contributed by atoms with Crippen LogP contribution in [0.15, 0.2) is 28.7 Å². The van der Waals surface area contributed by atoms with Gasteiger partial charge in [-0.25, -0.2) is 28.2 Å². The number of para-hydroxylation sites is 1. The quantitative estimate of drug-likeness (QED) is 0.274. The summed E-state index contributed by atoms with van der Waals surface area (Å²) in [7, 11) is -2.50. The van der Waals surface area contributed by atoms with Crippen LogP contribution in [0.2, 0.25) is 0 Å². The van der Waals surface area contributed by atoms with Gasteiger partial charge in [0, 0.05) is 61.0 Å². The van der Waals surface area contributed by atoms with E-state index < -0.39 is 16.1 Å². The standard InChI is InChI=1S/C26H33N9O4S2/c1-15(29-23-20-8-6-7-19(22(20)27-14-28-23)21-16(2)32-33-17(21)3)13-34-9-11-35(12-10-34)41(37,38)24-18(4)30-25(40-24)31-26(36)39-5/h6-8,14-15H,9-13H2,1-5H3,(H,32,33)(H,27,28,29)(H,30,31,36)/t15-/m0/s1. The van der Waals surface area contributed by atoms with Gasteiger partial charge in [0.05, 0.1) is 24.0 Å². The Morgan fingerprint density at radius 3 is 2.59 bits per heavy atom. The lowest BCUT2D eigenvalue weighted by Gasteiger charge is -2.35. The van der Waals surface area contributed by atoms with E-state index in [1.165, 1.54) is 11.4 Å². The van der Waals surface area contributed by atoms with Gasteiger partial charge in [0.15, 0.2) is 9.34 Å². The number of hydrogen-bond donors (Lipinski definition) is 3. The van der Waals surface area contributed by atoms with Crippen molar-refractivity contribution in [3.05, 3.63) is 41.6 Å². The van der Waals surface area contributed by atoms with E-state index in [0.717, 1.165) is 50.6 Å². The van der Waals surface area contributed by atoms with E-state index in [9.17, 15) is 13.2 Å². The Balaban J connectivity index is 1.23. The molecular formula is C26H33N9O4S2. The van der Waals surface area contributed by atoms with Gasteiger partial charge in [0.25, 0.3) is 10.0 Å². The molecular weight excluding hydrogens is 566 g/mol. The lowest BCUT2D eigenvalue weighted by Crippen LogP contribution is -2.50. The molecule has 1 aliphatic rings. The third-order valence-corrected chi connectivity index (χ3v) is 10.6. The van der Waals surface area contributed by atoms with E-state index in [1.54, 1.807) is 13.3 Å². The molecule has 41 heavy (non-hydrogen) atoms. The van der Waals surface area contributed by atoms with Crippen molar-refractivity contribution in [3.8, 4) is 11.1 Å². The molecule has 4 aromatic rings. The van der Waals surface area contributed by atoms with Crippen molar-refractivity contribution >= 4 is 49.3 Å². The molecule has 0 bridgehead atoms. The molecule has 0 spiro atoms. The number of nitrogens with zero attached hydrogens (tertiary/aromatic N) is 6. The fourth-order valence-electron chi connectivity index (χ4n) is 5.10. The molecule has 1 saturated heterocycles. The summed E-state index contributed by atoms with van der Waals surface area (Å²) in [5, 5.41) is 14.5. The van der Waals surface area contributed by atoms with Gasteiger partial charge < -0.3 is 10.1 Å². The predicted molar refractivity (Wildman–Crippen MR) is 158 cm³/mol. The Labute approximate surface area is 242 Å². The van der Waals surface area contributed by atoms with Gasteiger partial charge in [-0.15, -0.1) is 0 Å². The van der Waals surface area contributed by atoms with Crippen molar-refractivity contribution < 1.29 is 17.9 Å². The number of carbonyl (C=O) groups is 1. The van der Waals surface area contributed by atoms with Crippen LogP contribution in [0, 0.1) is 20.8 Å². The van der Waals surface area contributed by atoms with Crippen LogP contribution in [0.25, 0.3) is 22.0 Å². The van der Waals surface area contributed by atoms with Gasteiger partial charge in [-0.05, 0) is 33.8 Å². The van der Waals surface area contributed by atoms with Crippen molar-refractivity contribution in [1.82, 2.24) is 34.4 Å². The summed E-state index contributed by atoms with van der Waals surface area (Å²) in [6.07, 6.45) is 0.876. The number of aromatic nitrogens is 5. The van der Waals surface area contributed by atoms with Crippen LogP contribution >= 0.6 is 11.3 Å². The third-order valence-electron chi connectivity index (χ3n) is 7.03. The lowest BCUT2D eigenvalue weighted by molar-refractivity contribution is 0.184. The monoisotopic (exact) mass is 599 g/mol. The fourth-order valence-corrected chi connectivity index (χ4v) is 8.06. The first-order valence-electron chi connectivity index (χ1n) is 13.2. The first kappa shape index (κ1) is 28.9.